The molecular weight excluding hydrogens is 300 g/mol. The van der Waals surface area contributed by atoms with Crippen LogP contribution in [0.25, 0.3) is 0 Å². The Morgan fingerprint density at radius 1 is 1.39 bits per heavy atom. The fraction of sp³-hybridized carbons (Fsp3) is 0.667. The minimum Gasteiger partial charge on any atom is -0.383 e. The van der Waals surface area contributed by atoms with Crippen LogP contribution in [0.15, 0.2) is 9.59 Å². The quantitative estimate of drug-likeness (QED) is 0.725. The van der Waals surface area contributed by atoms with Gasteiger partial charge in [0.15, 0.2) is 5.69 Å². The molecule has 23 heavy (non-hydrogen) atoms. The first kappa shape index (κ1) is 19.0. The lowest BCUT2D eigenvalue weighted by Gasteiger charge is -2.26. The van der Waals surface area contributed by atoms with Gasteiger partial charge in [0.2, 0.25) is 5.91 Å². The lowest BCUT2D eigenvalue weighted by atomic mass is 10.1. The van der Waals surface area contributed by atoms with E-state index >= 15 is 0 Å². The number of anilines is 2. The lowest BCUT2D eigenvalue weighted by molar-refractivity contribution is -0.122. The van der Waals surface area contributed by atoms with Crippen LogP contribution in [-0.4, -0.2) is 35.7 Å². The summed E-state index contributed by atoms with van der Waals surface area (Å²) in [4.78, 5) is 40.3. The maximum atomic E-state index is 12.6. The number of carbonyl (C=O) groups is 1. The number of rotatable bonds is 8. The van der Waals surface area contributed by atoms with Gasteiger partial charge in [-0.3, -0.25) is 19.1 Å². The van der Waals surface area contributed by atoms with E-state index in [9.17, 15) is 14.4 Å². The van der Waals surface area contributed by atoms with Crippen LogP contribution in [0, 0.1) is 5.92 Å². The van der Waals surface area contributed by atoms with E-state index in [-0.39, 0.29) is 36.5 Å². The second-order valence-electron chi connectivity index (χ2n) is 5.44. The third kappa shape index (κ3) is 4.22. The molecule has 1 aromatic rings. The van der Waals surface area contributed by atoms with E-state index in [0.717, 1.165) is 0 Å². The number of hydrogen-bond acceptors (Lipinski definition) is 5. The van der Waals surface area contributed by atoms with Crippen LogP contribution in [0.1, 0.15) is 33.6 Å². The summed E-state index contributed by atoms with van der Waals surface area (Å²) < 4.78 is 6.30. The Labute approximate surface area is 135 Å². The fourth-order valence-corrected chi connectivity index (χ4v) is 2.24. The molecule has 0 aliphatic heterocycles. The molecule has 8 heteroatoms. The number of nitrogens with one attached hydrogen (secondary N) is 1. The Hall–Kier alpha value is -2.09. The van der Waals surface area contributed by atoms with E-state index in [1.54, 1.807) is 6.92 Å². The second kappa shape index (κ2) is 8.52. The molecule has 3 N–H and O–H groups in total. The van der Waals surface area contributed by atoms with E-state index in [0.29, 0.717) is 19.4 Å². The van der Waals surface area contributed by atoms with Gasteiger partial charge in [0.25, 0.3) is 5.56 Å². The van der Waals surface area contributed by atoms with E-state index in [1.165, 1.54) is 16.6 Å². The predicted molar refractivity (Wildman–Crippen MR) is 89.7 cm³/mol. The van der Waals surface area contributed by atoms with Gasteiger partial charge in [0.05, 0.1) is 6.61 Å². The van der Waals surface area contributed by atoms with Crippen molar-refractivity contribution in [1.29, 1.82) is 0 Å². The highest BCUT2D eigenvalue weighted by molar-refractivity contribution is 5.96. The number of hydrogen-bond donors (Lipinski definition) is 2. The Bertz CT molecular complexity index is 650. The molecule has 1 aromatic heterocycles. The van der Waals surface area contributed by atoms with Gasteiger partial charge >= 0.3 is 5.69 Å². The molecule has 0 aromatic carbocycles. The van der Waals surface area contributed by atoms with Crippen LogP contribution >= 0.6 is 0 Å². The first-order valence-electron chi connectivity index (χ1n) is 7.81. The molecule has 1 unspecified atom stereocenters. The van der Waals surface area contributed by atoms with Crippen LogP contribution in [0.4, 0.5) is 11.5 Å². The molecule has 0 bridgehead atoms. The summed E-state index contributed by atoms with van der Waals surface area (Å²) in [7, 11) is 1.51. The Morgan fingerprint density at radius 3 is 2.57 bits per heavy atom. The highest BCUT2D eigenvalue weighted by Gasteiger charge is 2.26. The van der Waals surface area contributed by atoms with Gasteiger partial charge in [-0.2, -0.15) is 0 Å². The predicted octanol–water partition coefficient (Wildman–Crippen LogP) is 0.554. The average Bonchev–Trinajstić information content (AvgIpc) is 2.52. The van der Waals surface area contributed by atoms with Crippen LogP contribution in [0.5, 0.6) is 0 Å². The van der Waals surface area contributed by atoms with Crippen molar-refractivity contribution in [1.82, 2.24) is 9.55 Å². The van der Waals surface area contributed by atoms with Crippen molar-refractivity contribution in [3.05, 3.63) is 20.8 Å². The molecule has 1 heterocycles. The number of aromatic amines is 1. The number of carbonyl (C=O) groups excluding carboxylic acids is 1. The summed E-state index contributed by atoms with van der Waals surface area (Å²) in [6.45, 7) is 6.39. The molecule has 1 rings (SSSR count). The van der Waals surface area contributed by atoms with E-state index in [4.69, 9.17) is 10.5 Å². The smallest absolute Gasteiger partial charge is 0.330 e. The molecule has 0 spiro atoms. The first-order chi connectivity index (χ1) is 10.9. The number of amides is 1. The Balaban J connectivity index is 3.46. The summed E-state index contributed by atoms with van der Waals surface area (Å²) >= 11 is 0. The van der Waals surface area contributed by atoms with Gasteiger partial charge in [-0.1, -0.05) is 20.8 Å². The summed E-state index contributed by atoms with van der Waals surface area (Å²) in [5, 5.41) is 0. The topological polar surface area (TPSA) is 110 Å². The molecule has 8 nitrogen and oxygen atoms in total. The van der Waals surface area contributed by atoms with Crippen molar-refractivity contribution < 1.29 is 9.53 Å². The second-order valence-corrected chi connectivity index (χ2v) is 5.44. The summed E-state index contributed by atoms with van der Waals surface area (Å²) in [5.41, 5.74) is 4.82. The van der Waals surface area contributed by atoms with Crippen molar-refractivity contribution in [2.75, 3.05) is 30.9 Å². The van der Waals surface area contributed by atoms with E-state index in [1.807, 2.05) is 13.8 Å². The maximum absolute atomic E-state index is 12.6. The number of nitrogens with two attached hydrogens (primary N) is 1. The van der Waals surface area contributed by atoms with Gasteiger partial charge in [-0.15, -0.1) is 0 Å². The standard InChI is InChI=1S/C15H26N4O4/c1-5-7-19-12(16)11(13(20)17-15(19)22)18(8-9-23-4)14(21)10(3)6-2/h10H,5-9,16H2,1-4H3,(H,17,20,22). The van der Waals surface area contributed by atoms with Crippen LogP contribution in [-0.2, 0) is 16.1 Å². The molecule has 1 amide bonds. The monoisotopic (exact) mass is 326 g/mol. The molecule has 1 atom stereocenters. The number of H-pyrrole nitrogens is 1. The normalized spacial score (nSPS) is 12.2. The molecule has 0 aliphatic rings. The number of ether oxygens (including phenoxy) is 1. The van der Waals surface area contributed by atoms with Crippen molar-refractivity contribution >= 4 is 17.4 Å². The fourth-order valence-electron chi connectivity index (χ4n) is 2.24. The van der Waals surface area contributed by atoms with Crippen molar-refractivity contribution in [2.24, 2.45) is 5.92 Å². The SMILES string of the molecule is CCCn1c(N)c(N(CCOC)C(=O)C(C)CC)c(=O)[nH]c1=O. The van der Waals surface area contributed by atoms with E-state index in [2.05, 4.69) is 4.98 Å². The van der Waals surface area contributed by atoms with E-state index < -0.39 is 11.2 Å². The lowest BCUT2D eigenvalue weighted by Crippen LogP contribution is -2.44. The highest BCUT2D eigenvalue weighted by Crippen LogP contribution is 2.20. The zero-order chi connectivity index (χ0) is 17.6. The molecule has 0 saturated carbocycles. The molecule has 0 saturated heterocycles. The molecule has 0 radical (unpaired) electrons. The van der Waals surface area contributed by atoms with Crippen LogP contribution in [0.2, 0.25) is 0 Å². The zero-order valence-electron chi connectivity index (χ0n) is 14.2. The number of nitrogen functional groups attached to an aromatic ring is 1. The van der Waals surface area contributed by atoms with Crippen molar-refractivity contribution in [3.8, 4) is 0 Å². The van der Waals surface area contributed by atoms with Gasteiger partial charge < -0.3 is 15.4 Å². The average molecular weight is 326 g/mol. The Morgan fingerprint density at radius 2 is 2.04 bits per heavy atom. The van der Waals surface area contributed by atoms with Gasteiger partial charge in [0, 0.05) is 26.1 Å². The minimum atomic E-state index is -0.660. The largest absolute Gasteiger partial charge is 0.383 e. The number of aromatic nitrogens is 2. The number of methoxy groups -OCH3 is 1. The zero-order valence-corrected chi connectivity index (χ0v) is 14.2. The first-order valence-corrected chi connectivity index (χ1v) is 7.81. The summed E-state index contributed by atoms with van der Waals surface area (Å²) in [5.74, 6) is -0.478. The maximum Gasteiger partial charge on any atom is 0.330 e. The molecular formula is C15H26N4O4. The number of nitrogens with zero attached hydrogens (tertiary/aromatic N) is 2. The third-order valence-corrected chi connectivity index (χ3v) is 3.75. The Kier molecular flexibility index (Phi) is 7.02. The third-order valence-electron chi connectivity index (χ3n) is 3.75. The molecule has 0 aliphatic carbocycles. The molecule has 0 fully saturated rings. The minimum absolute atomic E-state index is 0.00774. The van der Waals surface area contributed by atoms with Gasteiger partial charge in [0.1, 0.15) is 5.82 Å². The van der Waals surface area contributed by atoms with Crippen LogP contribution in [0.3, 0.4) is 0 Å². The van der Waals surface area contributed by atoms with Crippen molar-refractivity contribution in [3.63, 3.8) is 0 Å². The summed E-state index contributed by atoms with van der Waals surface area (Å²) in [6, 6.07) is 0. The van der Waals surface area contributed by atoms with Gasteiger partial charge in [-0.25, -0.2) is 4.79 Å². The van der Waals surface area contributed by atoms with Crippen molar-refractivity contribution in [2.45, 2.75) is 40.2 Å². The van der Waals surface area contributed by atoms with Crippen LogP contribution < -0.4 is 21.9 Å². The highest BCUT2D eigenvalue weighted by atomic mass is 16.5. The molecule has 130 valence electrons. The van der Waals surface area contributed by atoms with Gasteiger partial charge in [-0.05, 0) is 12.8 Å². The summed E-state index contributed by atoms with van der Waals surface area (Å²) in [6.07, 6.45) is 1.31.